The number of aliphatic carboxylic acids is 1. The minimum absolute atomic E-state index is 0.207. The highest BCUT2D eigenvalue weighted by molar-refractivity contribution is 5.85. The van der Waals surface area contributed by atoms with E-state index in [9.17, 15) is 9.90 Å². The van der Waals surface area contributed by atoms with Crippen molar-refractivity contribution in [3.63, 3.8) is 0 Å². The molecule has 0 bridgehead atoms. The van der Waals surface area contributed by atoms with E-state index in [1.54, 1.807) is 6.08 Å². The fraction of sp³-hybridized carbons (Fsp3) is 0.471. The number of hydrogen-bond donors (Lipinski definition) is 2. The van der Waals surface area contributed by atoms with Gasteiger partial charge in [0.1, 0.15) is 0 Å². The molecule has 1 aliphatic heterocycles. The first kappa shape index (κ1) is 15.7. The third-order valence-corrected chi connectivity index (χ3v) is 3.96. The Bertz CT molecular complexity index is 499. The Hall–Kier alpha value is -1.65. The summed E-state index contributed by atoms with van der Waals surface area (Å²) in [5.41, 5.74) is 2.05. The van der Waals surface area contributed by atoms with Gasteiger partial charge in [-0.1, -0.05) is 37.1 Å². The number of carboxylic acid groups (broad SMARTS) is 1. The first-order valence-corrected chi connectivity index (χ1v) is 7.54. The molecule has 1 aliphatic rings. The quantitative estimate of drug-likeness (QED) is 0.818. The lowest BCUT2D eigenvalue weighted by atomic mass is 10.1. The molecule has 1 aromatic rings. The summed E-state index contributed by atoms with van der Waals surface area (Å²) in [7, 11) is 0. The van der Waals surface area contributed by atoms with Crippen molar-refractivity contribution in [2.24, 2.45) is 0 Å². The van der Waals surface area contributed by atoms with Crippen LogP contribution in [0.25, 0.3) is 6.08 Å². The third kappa shape index (κ3) is 4.99. The largest absolute Gasteiger partial charge is 0.478 e. The van der Waals surface area contributed by atoms with Crippen LogP contribution in [0.2, 0.25) is 0 Å². The van der Waals surface area contributed by atoms with Gasteiger partial charge in [0.25, 0.3) is 0 Å². The van der Waals surface area contributed by atoms with Crippen molar-refractivity contribution in [1.29, 1.82) is 0 Å². The highest BCUT2D eigenvalue weighted by Crippen LogP contribution is 2.19. The molecule has 1 fully saturated rings. The fourth-order valence-electron chi connectivity index (χ4n) is 2.85. The normalized spacial score (nSPS) is 20.5. The molecule has 21 heavy (non-hydrogen) atoms. The van der Waals surface area contributed by atoms with Crippen LogP contribution in [0.15, 0.2) is 30.3 Å². The van der Waals surface area contributed by atoms with Crippen LogP contribution in [-0.2, 0) is 11.3 Å². The number of likely N-dealkylation sites (tertiary alicyclic amines) is 1. The number of aliphatic hydroxyl groups excluding tert-OH is 1. The van der Waals surface area contributed by atoms with Gasteiger partial charge in [-0.05, 0) is 36.6 Å². The SMILES string of the molecule is O=C(O)/C=C/c1cccc(CN2CCCCCC2CO)c1. The summed E-state index contributed by atoms with van der Waals surface area (Å²) < 4.78 is 0. The monoisotopic (exact) mass is 289 g/mol. The Morgan fingerprint density at radius 3 is 2.95 bits per heavy atom. The first-order chi connectivity index (χ1) is 10.2. The molecule has 0 spiro atoms. The van der Waals surface area contributed by atoms with Gasteiger partial charge in [0.2, 0.25) is 0 Å². The summed E-state index contributed by atoms with van der Waals surface area (Å²) in [6, 6.07) is 8.15. The Morgan fingerprint density at radius 1 is 1.33 bits per heavy atom. The molecule has 1 aromatic carbocycles. The molecule has 1 heterocycles. The standard InChI is InChI=1S/C17H23NO3/c19-13-16-7-2-1-3-10-18(16)12-15-6-4-5-14(11-15)8-9-17(20)21/h4-6,8-9,11,16,19H,1-3,7,10,12-13H2,(H,20,21)/b9-8+. The van der Waals surface area contributed by atoms with Crippen molar-refractivity contribution in [3.05, 3.63) is 41.5 Å². The second-order valence-corrected chi connectivity index (χ2v) is 5.57. The van der Waals surface area contributed by atoms with E-state index in [4.69, 9.17) is 5.11 Å². The summed E-state index contributed by atoms with van der Waals surface area (Å²) in [5, 5.41) is 18.2. The van der Waals surface area contributed by atoms with Crippen LogP contribution in [-0.4, -0.2) is 40.3 Å². The molecule has 0 amide bonds. The Labute approximate surface area is 125 Å². The predicted octanol–water partition coefficient (Wildman–Crippen LogP) is 2.52. The van der Waals surface area contributed by atoms with Crippen LogP contribution >= 0.6 is 0 Å². The second kappa shape index (κ2) is 7.96. The molecule has 114 valence electrons. The predicted molar refractivity (Wildman–Crippen MR) is 82.9 cm³/mol. The van der Waals surface area contributed by atoms with Gasteiger partial charge < -0.3 is 10.2 Å². The maximum absolute atomic E-state index is 10.6. The molecule has 0 saturated carbocycles. The zero-order chi connectivity index (χ0) is 15.1. The average Bonchev–Trinajstić information content (AvgIpc) is 2.70. The zero-order valence-corrected chi connectivity index (χ0v) is 12.2. The van der Waals surface area contributed by atoms with Crippen LogP contribution in [0.3, 0.4) is 0 Å². The first-order valence-electron chi connectivity index (χ1n) is 7.54. The van der Waals surface area contributed by atoms with Gasteiger partial charge in [-0.3, -0.25) is 4.90 Å². The van der Waals surface area contributed by atoms with Gasteiger partial charge in [0.05, 0.1) is 6.61 Å². The third-order valence-electron chi connectivity index (χ3n) is 3.96. The number of aliphatic hydroxyl groups is 1. The van der Waals surface area contributed by atoms with E-state index in [-0.39, 0.29) is 12.6 Å². The average molecular weight is 289 g/mol. The minimum Gasteiger partial charge on any atom is -0.478 e. The van der Waals surface area contributed by atoms with Crippen LogP contribution in [0, 0.1) is 0 Å². The molecule has 2 N–H and O–H groups in total. The smallest absolute Gasteiger partial charge is 0.328 e. The second-order valence-electron chi connectivity index (χ2n) is 5.57. The van der Waals surface area contributed by atoms with Crippen molar-refractivity contribution < 1.29 is 15.0 Å². The van der Waals surface area contributed by atoms with E-state index in [1.165, 1.54) is 19.3 Å². The Morgan fingerprint density at radius 2 is 2.19 bits per heavy atom. The molecule has 1 unspecified atom stereocenters. The van der Waals surface area contributed by atoms with Gasteiger partial charge >= 0.3 is 5.97 Å². The van der Waals surface area contributed by atoms with Crippen LogP contribution < -0.4 is 0 Å². The van der Waals surface area contributed by atoms with Crippen LogP contribution in [0.5, 0.6) is 0 Å². The molecular formula is C17H23NO3. The van der Waals surface area contributed by atoms with E-state index in [1.807, 2.05) is 18.2 Å². The maximum Gasteiger partial charge on any atom is 0.328 e. The number of nitrogens with zero attached hydrogens (tertiary/aromatic N) is 1. The summed E-state index contributed by atoms with van der Waals surface area (Å²) in [5.74, 6) is -0.937. The van der Waals surface area contributed by atoms with Gasteiger partial charge in [0, 0.05) is 18.7 Å². The molecule has 2 rings (SSSR count). The van der Waals surface area contributed by atoms with Crippen molar-refractivity contribution in [2.45, 2.75) is 38.3 Å². The van der Waals surface area contributed by atoms with E-state index < -0.39 is 5.97 Å². The Balaban J connectivity index is 2.07. The molecule has 0 radical (unpaired) electrons. The fourth-order valence-corrected chi connectivity index (χ4v) is 2.85. The van der Waals surface area contributed by atoms with E-state index in [0.717, 1.165) is 36.7 Å². The zero-order valence-electron chi connectivity index (χ0n) is 12.2. The maximum atomic E-state index is 10.6. The number of rotatable bonds is 5. The summed E-state index contributed by atoms with van der Waals surface area (Å²) >= 11 is 0. The number of hydrogen-bond acceptors (Lipinski definition) is 3. The van der Waals surface area contributed by atoms with Crippen molar-refractivity contribution in [1.82, 2.24) is 4.90 Å². The minimum atomic E-state index is -0.937. The highest BCUT2D eigenvalue weighted by Gasteiger charge is 2.20. The van der Waals surface area contributed by atoms with Crippen molar-refractivity contribution in [2.75, 3.05) is 13.2 Å². The van der Waals surface area contributed by atoms with Crippen LogP contribution in [0.1, 0.15) is 36.8 Å². The lowest BCUT2D eigenvalue weighted by molar-refractivity contribution is -0.131. The summed E-state index contributed by atoms with van der Waals surface area (Å²) in [4.78, 5) is 12.9. The van der Waals surface area contributed by atoms with Crippen molar-refractivity contribution in [3.8, 4) is 0 Å². The lowest BCUT2D eigenvalue weighted by Crippen LogP contribution is -2.36. The molecule has 0 aromatic heterocycles. The molecule has 4 nitrogen and oxygen atoms in total. The van der Waals surface area contributed by atoms with Crippen molar-refractivity contribution >= 4 is 12.0 Å². The van der Waals surface area contributed by atoms with E-state index >= 15 is 0 Å². The Kier molecular flexibility index (Phi) is 5.96. The number of carboxylic acids is 1. The number of carbonyl (C=O) groups is 1. The van der Waals surface area contributed by atoms with E-state index in [2.05, 4.69) is 11.0 Å². The topological polar surface area (TPSA) is 60.8 Å². The summed E-state index contributed by atoms with van der Waals surface area (Å²) in [6.45, 7) is 2.03. The summed E-state index contributed by atoms with van der Waals surface area (Å²) in [6.07, 6.45) is 7.40. The number of benzene rings is 1. The highest BCUT2D eigenvalue weighted by atomic mass is 16.4. The molecular weight excluding hydrogens is 266 g/mol. The van der Waals surface area contributed by atoms with Gasteiger partial charge in [-0.2, -0.15) is 0 Å². The van der Waals surface area contributed by atoms with Gasteiger partial charge in [-0.25, -0.2) is 4.79 Å². The van der Waals surface area contributed by atoms with Crippen LogP contribution in [0.4, 0.5) is 0 Å². The lowest BCUT2D eigenvalue weighted by Gasteiger charge is -2.28. The van der Waals surface area contributed by atoms with Gasteiger partial charge in [-0.15, -0.1) is 0 Å². The van der Waals surface area contributed by atoms with Gasteiger partial charge in [0.15, 0.2) is 0 Å². The molecule has 1 atom stereocenters. The van der Waals surface area contributed by atoms with E-state index in [0.29, 0.717) is 0 Å². The molecule has 0 aliphatic carbocycles. The molecule has 1 saturated heterocycles. The molecule has 4 heteroatoms.